The fraction of sp³-hybridized carbons (Fsp3) is 0.298. The van der Waals surface area contributed by atoms with Crippen LogP contribution in [0.3, 0.4) is 0 Å². The van der Waals surface area contributed by atoms with Gasteiger partial charge in [-0.15, -0.1) is 11.8 Å². The molecule has 2 fully saturated rings. The third-order valence-electron chi connectivity index (χ3n) is 13.6. The van der Waals surface area contributed by atoms with E-state index in [1.807, 2.05) is 103 Å². The second-order valence-corrected chi connectivity index (χ2v) is 19.7. The lowest BCUT2D eigenvalue weighted by Crippen LogP contribution is -2.42. The highest BCUT2D eigenvalue weighted by Crippen LogP contribution is 2.48. The van der Waals surface area contributed by atoms with E-state index in [9.17, 15) is 24.3 Å². The van der Waals surface area contributed by atoms with Crippen molar-refractivity contribution < 1.29 is 47.8 Å². The number of fused-ring (bicyclic) bond motifs is 1. The highest BCUT2D eigenvalue weighted by atomic mass is 32.2. The van der Waals surface area contributed by atoms with Crippen molar-refractivity contribution in [3.8, 4) is 11.5 Å². The number of nitrogen functional groups attached to an aromatic ring is 1. The summed E-state index contributed by atoms with van der Waals surface area (Å²) in [6.07, 6.45) is -3.64. The number of carbonyl (C=O) groups is 1. The van der Waals surface area contributed by atoms with Gasteiger partial charge in [-0.3, -0.25) is 23.7 Å². The molecule has 0 amide bonds. The lowest BCUT2D eigenvalue weighted by atomic mass is 9.79. The van der Waals surface area contributed by atoms with Crippen molar-refractivity contribution in [2.75, 3.05) is 38.9 Å². The molecule has 5 heterocycles. The monoisotopic (exact) mass is 1080 g/mol. The Morgan fingerprint density at radius 1 is 0.859 bits per heavy atom. The zero-order chi connectivity index (χ0) is 54.3. The van der Waals surface area contributed by atoms with Crippen LogP contribution in [-0.2, 0) is 47.4 Å². The van der Waals surface area contributed by atoms with E-state index < -0.39 is 70.7 Å². The summed E-state index contributed by atoms with van der Waals surface area (Å²) >= 11 is 1.27. The van der Waals surface area contributed by atoms with Crippen LogP contribution in [-0.4, -0.2) is 103 Å². The smallest absolute Gasteiger partial charge is 0.338 e. The van der Waals surface area contributed by atoms with Crippen molar-refractivity contribution in [2.24, 2.45) is 0 Å². The van der Waals surface area contributed by atoms with E-state index in [1.54, 1.807) is 57.5 Å². The van der Waals surface area contributed by atoms with Gasteiger partial charge in [-0.05, 0) is 41.8 Å². The number of aryl methyl sites for hydroxylation is 1. The SMILES string of the molecule is COc1cccc(C(OC[C@H]2O[C@@H](n3cnc4c(=O)[nH]c(N)nc43)[C@H](O)[C@@H]2OCCSC2OC(n3cc(C)c(=O)n(COCc4ccccc4)c3=O)CC2OC(=O)c2ccccc2)(c2ccccc2)c2ccccc2)c1OC. The molecule has 404 valence electrons. The number of carbonyl (C=O) groups excluding carboxylic acids is 1. The molecule has 0 saturated carbocycles. The number of nitrogens with zero attached hydrogens (tertiary/aromatic N) is 5. The second kappa shape index (κ2) is 23.8. The largest absolute Gasteiger partial charge is 0.493 e. The number of esters is 1. The summed E-state index contributed by atoms with van der Waals surface area (Å²) in [4.78, 5) is 65.0. The molecule has 7 atom stereocenters. The van der Waals surface area contributed by atoms with Gasteiger partial charge in [0.25, 0.3) is 11.1 Å². The van der Waals surface area contributed by atoms with Crippen LogP contribution in [0.2, 0.25) is 0 Å². The van der Waals surface area contributed by atoms with Gasteiger partial charge in [-0.2, -0.15) is 4.98 Å². The first-order chi connectivity index (χ1) is 38.0. The average molecular weight is 1080 g/mol. The molecule has 10 rings (SSSR count). The number of anilines is 1. The number of benzene rings is 5. The fourth-order valence-corrected chi connectivity index (χ4v) is 10.9. The Balaban J connectivity index is 0.937. The van der Waals surface area contributed by atoms with Crippen LogP contribution in [0.1, 0.15) is 57.1 Å². The van der Waals surface area contributed by atoms with E-state index in [1.165, 1.54) is 33.4 Å². The number of rotatable bonds is 21. The van der Waals surface area contributed by atoms with Gasteiger partial charge >= 0.3 is 11.7 Å². The van der Waals surface area contributed by atoms with E-state index >= 15 is 0 Å². The Bertz CT molecular complexity index is 3490. The number of aliphatic hydroxyl groups is 1. The first-order valence-electron chi connectivity index (χ1n) is 25.1. The van der Waals surface area contributed by atoms with Crippen molar-refractivity contribution in [3.63, 3.8) is 0 Å². The van der Waals surface area contributed by atoms with Crippen molar-refractivity contribution in [3.05, 3.63) is 217 Å². The van der Waals surface area contributed by atoms with Crippen LogP contribution < -0.4 is 32.0 Å². The van der Waals surface area contributed by atoms with E-state index in [-0.39, 0.29) is 61.4 Å². The second-order valence-electron chi connectivity index (χ2n) is 18.5. The standard InChI is InChI=1S/C57H57N7O13S/c1-35-30-62(56(69)64(51(35)67)34-72-31-36-17-8-4-9-18-36)44-29-42(76-53(68)37-19-10-5-11-20-37)54(77-44)78-28-27-73-48-43(75-52(46(48)65)63-33-59-45-49(63)60-55(58)61-50(45)66)32-74-57(38-21-12-6-13-22-38,39-23-14-7-15-24-39)40-25-16-26-41(70-2)47(40)71-3/h4-26,30,33,42-44,46,48,52,54,65H,27-29,31-32,34H2,1-3H3,(H3,58,60,61,66)/t42?,43-,44?,46-,48-,52-,54?/m1/s1. The molecule has 3 aromatic heterocycles. The molecule has 3 unspecified atom stereocenters. The first-order valence-corrected chi connectivity index (χ1v) is 26.1. The van der Waals surface area contributed by atoms with Crippen molar-refractivity contribution in [1.82, 2.24) is 28.7 Å². The minimum absolute atomic E-state index is 0.00664. The molecule has 21 heteroatoms. The number of nitrogens with one attached hydrogen (secondary N) is 1. The quantitative estimate of drug-likeness (QED) is 0.0419. The number of aromatic amines is 1. The average Bonchev–Trinajstić information content (AvgIpc) is 4.26. The molecular formula is C57H57N7O13S. The summed E-state index contributed by atoms with van der Waals surface area (Å²) in [6, 6.07) is 42.7. The zero-order valence-corrected chi connectivity index (χ0v) is 43.6. The summed E-state index contributed by atoms with van der Waals surface area (Å²) < 4.78 is 54.7. The van der Waals surface area contributed by atoms with Crippen LogP contribution in [0.4, 0.5) is 5.95 Å². The molecule has 0 spiro atoms. The number of imidazole rings is 1. The first kappa shape index (κ1) is 53.5. The minimum Gasteiger partial charge on any atom is -0.493 e. The number of thioether (sulfide) groups is 1. The lowest BCUT2D eigenvalue weighted by Gasteiger charge is -2.38. The van der Waals surface area contributed by atoms with Gasteiger partial charge in [0.15, 0.2) is 28.9 Å². The summed E-state index contributed by atoms with van der Waals surface area (Å²) in [5, 5.41) is 12.4. The van der Waals surface area contributed by atoms with E-state index in [0.29, 0.717) is 22.6 Å². The number of methoxy groups -OCH3 is 2. The third kappa shape index (κ3) is 10.9. The minimum atomic E-state index is -1.40. The van der Waals surface area contributed by atoms with Gasteiger partial charge in [0.1, 0.15) is 48.4 Å². The number of ether oxygens (including phenoxy) is 8. The highest BCUT2D eigenvalue weighted by molar-refractivity contribution is 7.99. The predicted molar refractivity (Wildman–Crippen MR) is 288 cm³/mol. The van der Waals surface area contributed by atoms with Gasteiger partial charge in [-0.25, -0.2) is 19.1 Å². The van der Waals surface area contributed by atoms with Crippen molar-refractivity contribution >= 4 is 34.8 Å². The van der Waals surface area contributed by atoms with Gasteiger partial charge in [-0.1, -0.05) is 121 Å². The molecule has 8 aromatic rings. The van der Waals surface area contributed by atoms with Gasteiger partial charge in [0.05, 0.1) is 45.9 Å². The molecule has 0 radical (unpaired) electrons. The molecule has 0 bridgehead atoms. The van der Waals surface area contributed by atoms with Gasteiger partial charge in [0, 0.05) is 29.5 Å². The van der Waals surface area contributed by atoms with Crippen LogP contribution in [0.15, 0.2) is 166 Å². The molecule has 78 heavy (non-hydrogen) atoms. The number of aliphatic hydroxyl groups excluding tert-OH is 1. The summed E-state index contributed by atoms with van der Waals surface area (Å²) in [5.74, 6) is 0.376. The molecule has 20 nitrogen and oxygen atoms in total. The maximum absolute atomic E-state index is 14.1. The number of nitrogens with two attached hydrogens (primary N) is 1. The van der Waals surface area contributed by atoms with Crippen LogP contribution in [0.25, 0.3) is 11.2 Å². The van der Waals surface area contributed by atoms with Crippen molar-refractivity contribution in [1.29, 1.82) is 0 Å². The zero-order valence-electron chi connectivity index (χ0n) is 42.8. The van der Waals surface area contributed by atoms with Crippen LogP contribution in [0, 0.1) is 6.92 Å². The number of hydrogen-bond donors (Lipinski definition) is 3. The topological polar surface area (TPSA) is 245 Å². The summed E-state index contributed by atoms with van der Waals surface area (Å²) in [6.45, 7) is 1.28. The predicted octanol–water partition coefficient (Wildman–Crippen LogP) is 6.08. The molecule has 2 aliphatic heterocycles. The Kier molecular flexibility index (Phi) is 16.3. The Morgan fingerprint density at radius 3 is 2.22 bits per heavy atom. The molecule has 4 N–H and O–H groups in total. The fourth-order valence-electron chi connectivity index (χ4n) is 9.93. The van der Waals surface area contributed by atoms with E-state index in [2.05, 4.69) is 15.0 Å². The van der Waals surface area contributed by atoms with E-state index in [4.69, 9.17) is 43.6 Å². The number of hydrogen-bond acceptors (Lipinski definition) is 17. The Labute approximate surface area is 451 Å². The lowest BCUT2D eigenvalue weighted by molar-refractivity contribution is -0.102. The highest BCUT2D eigenvalue weighted by Gasteiger charge is 2.49. The number of para-hydroxylation sites is 1. The maximum Gasteiger partial charge on any atom is 0.338 e. The van der Waals surface area contributed by atoms with Crippen molar-refractivity contribution in [2.45, 2.75) is 74.6 Å². The van der Waals surface area contributed by atoms with Crippen LogP contribution >= 0.6 is 11.8 Å². The van der Waals surface area contributed by atoms with E-state index in [0.717, 1.165) is 21.3 Å². The van der Waals surface area contributed by atoms with Crippen LogP contribution in [0.5, 0.6) is 11.5 Å². The maximum atomic E-state index is 14.1. The summed E-state index contributed by atoms with van der Waals surface area (Å²) in [7, 11) is 3.12. The molecule has 0 aliphatic carbocycles. The summed E-state index contributed by atoms with van der Waals surface area (Å²) in [5.41, 5.74) is 5.70. The molecule has 2 saturated heterocycles. The Morgan fingerprint density at radius 2 is 1.54 bits per heavy atom. The molecule has 5 aromatic carbocycles. The number of H-pyrrole nitrogens is 1. The molecular weight excluding hydrogens is 1020 g/mol. The Hall–Kier alpha value is -7.89. The molecule has 2 aliphatic rings. The van der Waals surface area contributed by atoms with Gasteiger partial charge < -0.3 is 48.7 Å². The normalized spacial score (nSPS) is 20.2. The van der Waals surface area contributed by atoms with Gasteiger partial charge in [0.2, 0.25) is 5.95 Å². The number of aromatic nitrogens is 6. The third-order valence-corrected chi connectivity index (χ3v) is 14.8.